The molecule has 0 aliphatic carbocycles. The predicted molar refractivity (Wildman–Crippen MR) is 94.3 cm³/mol. The van der Waals surface area contributed by atoms with E-state index in [1.807, 2.05) is 24.3 Å². The monoisotopic (exact) mass is 346 g/mol. The molecule has 0 saturated heterocycles. The fourth-order valence-electron chi connectivity index (χ4n) is 3.41. The summed E-state index contributed by atoms with van der Waals surface area (Å²) in [6, 6.07) is 13.7. The van der Waals surface area contributed by atoms with Crippen molar-refractivity contribution in [1.82, 2.24) is 10.3 Å². The van der Waals surface area contributed by atoms with Gasteiger partial charge in [-0.15, -0.1) is 0 Å². The number of rotatable bonds is 2. The Morgan fingerprint density at radius 3 is 2.74 bits per heavy atom. The number of aliphatic hydroxyl groups excluding tert-OH is 1. The largest absolute Gasteiger partial charge is 0.395 e. The van der Waals surface area contributed by atoms with Gasteiger partial charge in [0, 0.05) is 32.7 Å². The molecule has 0 bridgehead atoms. The first-order chi connectivity index (χ1) is 11.2. The van der Waals surface area contributed by atoms with Crippen molar-refractivity contribution in [3.05, 3.63) is 69.3 Å². The van der Waals surface area contributed by atoms with E-state index in [0.717, 1.165) is 23.2 Å². The van der Waals surface area contributed by atoms with Crippen molar-refractivity contribution in [3.8, 4) is 0 Å². The standard InChI is InChI=1S/C18H16Cl2N2O/c19-10-5-6-13(15(20)7-10)17-18-14(8-11(9-23)21-17)12-3-1-2-4-16(12)22-18/h1-7,11,17,21-23H,8-9H2/t11-,17+/m0/s1. The van der Waals surface area contributed by atoms with Crippen molar-refractivity contribution in [2.24, 2.45) is 0 Å². The highest BCUT2D eigenvalue weighted by Gasteiger charge is 2.31. The number of aromatic amines is 1. The normalized spacial score (nSPS) is 20.7. The number of benzene rings is 2. The summed E-state index contributed by atoms with van der Waals surface area (Å²) in [6.45, 7) is 0.0840. The Kier molecular flexibility index (Phi) is 3.82. The van der Waals surface area contributed by atoms with E-state index in [0.29, 0.717) is 10.0 Å². The van der Waals surface area contributed by atoms with E-state index < -0.39 is 0 Å². The minimum Gasteiger partial charge on any atom is -0.395 e. The number of hydrogen-bond donors (Lipinski definition) is 3. The van der Waals surface area contributed by atoms with Crippen LogP contribution in [0, 0.1) is 0 Å². The number of nitrogens with one attached hydrogen (secondary N) is 2. The lowest BCUT2D eigenvalue weighted by atomic mass is 9.90. The molecule has 0 spiro atoms. The van der Waals surface area contributed by atoms with Crippen molar-refractivity contribution >= 4 is 34.1 Å². The van der Waals surface area contributed by atoms with Crippen LogP contribution in [0.15, 0.2) is 42.5 Å². The third kappa shape index (κ3) is 2.54. The van der Waals surface area contributed by atoms with Crippen LogP contribution < -0.4 is 5.32 Å². The molecule has 23 heavy (non-hydrogen) atoms. The van der Waals surface area contributed by atoms with Crippen molar-refractivity contribution in [2.45, 2.75) is 18.5 Å². The molecule has 0 fully saturated rings. The van der Waals surface area contributed by atoms with Crippen LogP contribution >= 0.6 is 23.2 Å². The molecule has 4 rings (SSSR count). The maximum absolute atomic E-state index is 9.68. The number of aliphatic hydroxyl groups is 1. The lowest BCUT2D eigenvalue weighted by molar-refractivity contribution is 0.228. The molecule has 3 nitrogen and oxygen atoms in total. The van der Waals surface area contributed by atoms with Gasteiger partial charge in [0.2, 0.25) is 0 Å². The molecule has 3 aromatic rings. The first kappa shape index (κ1) is 15.0. The molecular weight excluding hydrogens is 331 g/mol. The SMILES string of the molecule is OC[C@@H]1Cc2c([nH]c3ccccc23)[C@@H](c2ccc(Cl)cc2Cl)N1. The molecule has 3 N–H and O–H groups in total. The van der Waals surface area contributed by atoms with Crippen LogP contribution in [-0.4, -0.2) is 22.7 Å². The van der Waals surface area contributed by atoms with Gasteiger partial charge in [-0.05, 0) is 35.7 Å². The zero-order valence-corrected chi connectivity index (χ0v) is 13.8. The van der Waals surface area contributed by atoms with Gasteiger partial charge < -0.3 is 10.1 Å². The van der Waals surface area contributed by atoms with Gasteiger partial charge in [-0.25, -0.2) is 0 Å². The lowest BCUT2D eigenvalue weighted by Gasteiger charge is -2.31. The predicted octanol–water partition coefficient (Wildman–Crippen LogP) is 4.07. The number of halogens is 2. The molecule has 0 amide bonds. The smallest absolute Gasteiger partial charge is 0.0749 e. The summed E-state index contributed by atoms with van der Waals surface area (Å²) in [4.78, 5) is 3.52. The van der Waals surface area contributed by atoms with Gasteiger partial charge in [-0.2, -0.15) is 0 Å². The Bertz CT molecular complexity index is 875. The highest BCUT2D eigenvalue weighted by Crippen LogP contribution is 2.38. The van der Waals surface area contributed by atoms with E-state index in [1.54, 1.807) is 6.07 Å². The molecule has 118 valence electrons. The second kappa shape index (κ2) is 5.84. The summed E-state index contributed by atoms with van der Waals surface area (Å²) in [5.74, 6) is 0. The van der Waals surface area contributed by atoms with E-state index in [1.165, 1.54) is 10.9 Å². The van der Waals surface area contributed by atoms with Gasteiger partial charge in [-0.1, -0.05) is 47.5 Å². The Hall–Kier alpha value is -1.52. The maximum Gasteiger partial charge on any atom is 0.0749 e. The summed E-state index contributed by atoms with van der Waals surface area (Å²) < 4.78 is 0. The summed E-state index contributed by atoms with van der Waals surface area (Å²) in [6.07, 6.45) is 0.789. The highest BCUT2D eigenvalue weighted by atomic mass is 35.5. The minimum absolute atomic E-state index is 0.00143. The fraction of sp³-hybridized carbons (Fsp3) is 0.222. The second-order valence-electron chi connectivity index (χ2n) is 5.91. The van der Waals surface area contributed by atoms with E-state index in [4.69, 9.17) is 23.2 Å². The van der Waals surface area contributed by atoms with E-state index in [9.17, 15) is 5.11 Å². The van der Waals surface area contributed by atoms with Crippen LogP contribution in [0.5, 0.6) is 0 Å². The second-order valence-corrected chi connectivity index (χ2v) is 6.76. The van der Waals surface area contributed by atoms with Crippen LogP contribution in [-0.2, 0) is 6.42 Å². The molecule has 1 aliphatic rings. The Morgan fingerprint density at radius 1 is 1.13 bits per heavy atom. The molecule has 0 unspecified atom stereocenters. The lowest BCUT2D eigenvalue weighted by Crippen LogP contribution is -2.42. The molecule has 1 aromatic heterocycles. The third-order valence-electron chi connectivity index (χ3n) is 4.48. The molecule has 2 aromatic carbocycles. The van der Waals surface area contributed by atoms with E-state index >= 15 is 0 Å². The average molecular weight is 347 g/mol. The summed E-state index contributed by atoms with van der Waals surface area (Å²) in [5, 5.41) is 15.6. The van der Waals surface area contributed by atoms with Gasteiger partial charge in [-0.3, -0.25) is 5.32 Å². The Morgan fingerprint density at radius 2 is 1.96 bits per heavy atom. The number of hydrogen-bond acceptors (Lipinski definition) is 2. The summed E-state index contributed by atoms with van der Waals surface area (Å²) in [7, 11) is 0. The number of aromatic nitrogens is 1. The van der Waals surface area contributed by atoms with Gasteiger partial charge in [0.15, 0.2) is 0 Å². The van der Waals surface area contributed by atoms with E-state index in [2.05, 4.69) is 22.4 Å². The summed E-state index contributed by atoms with van der Waals surface area (Å²) in [5.41, 5.74) is 4.42. The van der Waals surface area contributed by atoms with Crippen LogP contribution in [0.25, 0.3) is 10.9 Å². The molecule has 2 heterocycles. The molecule has 0 radical (unpaired) electrons. The van der Waals surface area contributed by atoms with Gasteiger partial charge in [0.1, 0.15) is 0 Å². The number of para-hydroxylation sites is 1. The van der Waals surface area contributed by atoms with Crippen molar-refractivity contribution in [3.63, 3.8) is 0 Å². The quantitative estimate of drug-likeness (QED) is 0.654. The topological polar surface area (TPSA) is 48.0 Å². The summed E-state index contributed by atoms with van der Waals surface area (Å²) >= 11 is 12.4. The Labute approximate surface area is 144 Å². The highest BCUT2D eigenvalue weighted by molar-refractivity contribution is 6.35. The molecular formula is C18H16Cl2N2O. The number of H-pyrrole nitrogens is 1. The van der Waals surface area contributed by atoms with Crippen molar-refractivity contribution < 1.29 is 5.11 Å². The third-order valence-corrected chi connectivity index (χ3v) is 5.04. The van der Waals surface area contributed by atoms with Crippen molar-refractivity contribution in [2.75, 3.05) is 6.61 Å². The van der Waals surface area contributed by atoms with Crippen LogP contribution in [0.4, 0.5) is 0 Å². The van der Waals surface area contributed by atoms with Crippen LogP contribution in [0.2, 0.25) is 10.0 Å². The molecule has 1 aliphatic heterocycles. The molecule has 5 heteroatoms. The zero-order valence-electron chi connectivity index (χ0n) is 12.3. The maximum atomic E-state index is 9.68. The zero-order chi connectivity index (χ0) is 16.0. The van der Waals surface area contributed by atoms with Gasteiger partial charge in [0.05, 0.1) is 12.6 Å². The van der Waals surface area contributed by atoms with Gasteiger partial charge in [0.25, 0.3) is 0 Å². The fourth-order valence-corrected chi connectivity index (χ4v) is 3.93. The first-order valence-electron chi connectivity index (χ1n) is 7.58. The number of fused-ring (bicyclic) bond motifs is 3. The van der Waals surface area contributed by atoms with Crippen LogP contribution in [0.1, 0.15) is 22.9 Å². The minimum atomic E-state index is -0.0898. The average Bonchev–Trinajstić information content (AvgIpc) is 2.93. The van der Waals surface area contributed by atoms with E-state index in [-0.39, 0.29) is 18.7 Å². The molecule has 2 atom stereocenters. The Balaban J connectivity index is 1.91. The van der Waals surface area contributed by atoms with Crippen molar-refractivity contribution in [1.29, 1.82) is 0 Å². The molecule has 0 saturated carbocycles. The van der Waals surface area contributed by atoms with Gasteiger partial charge >= 0.3 is 0 Å². The first-order valence-corrected chi connectivity index (χ1v) is 8.34. The van der Waals surface area contributed by atoms with Crippen LogP contribution in [0.3, 0.4) is 0 Å².